The van der Waals surface area contributed by atoms with Gasteiger partial charge in [-0.2, -0.15) is 0 Å². The van der Waals surface area contributed by atoms with Crippen LogP contribution in [0, 0.1) is 0 Å². The molecule has 0 radical (unpaired) electrons. The molecule has 0 N–H and O–H groups in total. The second-order valence-corrected chi connectivity index (χ2v) is 5.22. The number of hydrogen-bond acceptors (Lipinski definition) is 1. The van der Waals surface area contributed by atoms with Crippen LogP contribution in [0.3, 0.4) is 0 Å². The molecule has 0 aliphatic heterocycles. The molecule has 1 aromatic heterocycles. The van der Waals surface area contributed by atoms with E-state index in [1.54, 1.807) is 0 Å². The minimum atomic E-state index is 0.839. The van der Waals surface area contributed by atoms with E-state index in [0.29, 0.717) is 0 Å². The molecule has 106 valence electrons. The average molecular weight is 276 g/mol. The van der Waals surface area contributed by atoms with Crippen LogP contribution in [-0.2, 0) is 6.67 Å². The van der Waals surface area contributed by atoms with Crippen molar-refractivity contribution in [2.75, 3.05) is 13.1 Å². The Balaban J connectivity index is 2.14. The Labute approximate surface area is 125 Å². The molecular formula is C19H20N2. The second kappa shape index (κ2) is 5.98. The predicted octanol–water partition coefficient (Wildman–Crippen LogP) is 4.43. The van der Waals surface area contributed by atoms with Gasteiger partial charge in [-0.1, -0.05) is 48.6 Å². The smallest absolute Gasteiger partial charge is 0.0762 e. The first-order valence-corrected chi connectivity index (χ1v) is 7.25. The van der Waals surface area contributed by atoms with Crippen molar-refractivity contribution in [2.45, 2.75) is 6.67 Å². The third-order valence-corrected chi connectivity index (χ3v) is 3.80. The zero-order valence-corrected chi connectivity index (χ0v) is 12.2. The molecule has 3 rings (SSSR count). The lowest BCUT2D eigenvalue weighted by Gasteiger charge is -2.21. The maximum absolute atomic E-state index is 3.85. The van der Waals surface area contributed by atoms with E-state index < -0.39 is 0 Å². The van der Waals surface area contributed by atoms with Gasteiger partial charge in [0, 0.05) is 23.9 Å². The first-order valence-electron chi connectivity index (χ1n) is 7.25. The van der Waals surface area contributed by atoms with Crippen molar-refractivity contribution in [1.29, 1.82) is 0 Å². The van der Waals surface area contributed by atoms with E-state index in [1.807, 2.05) is 12.2 Å². The fourth-order valence-corrected chi connectivity index (χ4v) is 2.91. The van der Waals surface area contributed by atoms with Crippen molar-refractivity contribution in [1.82, 2.24) is 9.47 Å². The molecule has 2 aromatic carbocycles. The highest BCUT2D eigenvalue weighted by molar-refractivity contribution is 6.07. The number of para-hydroxylation sites is 2. The highest BCUT2D eigenvalue weighted by atomic mass is 15.2. The van der Waals surface area contributed by atoms with E-state index in [9.17, 15) is 0 Å². The van der Waals surface area contributed by atoms with Gasteiger partial charge < -0.3 is 4.57 Å². The molecule has 3 aromatic rings. The van der Waals surface area contributed by atoms with Crippen LogP contribution in [0.5, 0.6) is 0 Å². The van der Waals surface area contributed by atoms with Gasteiger partial charge in [-0.15, -0.1) is 13.2 Å². The highest BCUT2D eigenvalue weighted by Crippen LogP contribution is 2.28. The molecular weight excluding hydrogens is 256 g/mol. The van der Waals surface area contributed by atoms with Crippen molar-refractivity contribution >= 4 is 21.8 Å². The zero-order chi connectivity index (χ0) is 14.7. The topological polar surface area (TPSA) is 8.17 Å². The summed E-state index contributed by atoms with van der Waals surface area (Å²) in [6.07, 6.45) is 3.88. The maximum atomic E-state index is 3.85. The van der Waals surface area contributed by atoms with Crippen LogP contribution in [-0.4, -0.2) is 22.6 Å². The van der Waals surface area contributed by atoms with E-state index in [0.717, 1.165) is 19.8 Å². The summed E-state index contributed by atoms with van der Waals surface area (Å²) in [7, 11) is 0. The number of nitrogens with zero attached hydrogens (tertiary/aromatic N) is 2. The summed E-state index contributed by atoms with van der Waals surface area (Å²) in [5.74, 6) is 0. The number of benzene rings is 2. The fourth-order valence-electron chi connectivity index (χ4n) is 2.91. The second-order valence-electron chi connectivity index (χ2n) is 5.22. The third-order valence-electron chi connectivity index (χ3n) is 3.80. The van der Waals surface area contributed by atoms with Gasteiger partial charge in [0.15, 0.2) is 0 Å². The molecule has 2 nitrogen and oxygen atoms in total. The van der Waals surface area contributed by atoms with Gasteiger partial charge in [-0.3, -0.25) is 4.90 Å². The van der Waals surface area contributed by atoms with Gasteiger partial charge in [0.25, 0.3) is 0 Å². The van der Waals surface area contributed by atoms with E-state index in [1.165, 1.54) is 21.8 Å². The van der Waals surface area contributed by atoms with Gasteiger partial charge in [-0.05, 0) is 12.1 Å². The minimum absolute atomic E-state index is 0.839. The monoisotopic (exact) mass is 276 g/mol. The summed E-state index contributed by atoms with van der Waals surface area (Å²) < 4.78 is 2.37. The van der Waals surface area contributed by atoms with Crippen LogP contribution in [0.15, 0.2) is 73.8 Å². The van der Waals surface area contributed by atoms with Crippen molar-refractivity contribution < 1.29 is 0 Å². The molecule has 0 unspecified atom stereocenters. The molecule has 0 aliphatic rings. The van der Waals surface area contributed by atoms with Crippen molar-refractivity contribution in [3.05, 3.63) is 73.8 Å². The lowest BCUT2D eigenvalue weighted by atomic mass is 10.2. The van der Waals surface area contributed by atoms with Gasteiger partial charge in [0.2, 0.25) is 0 Å². The summed E-state index contributed by atoms with van der Waals surface area (Å²) in [6, 6.07) is 17.2. The summed E-state index contributed by atoms with van der Waals surface area (Å²) in [4.78, 5) is 2.32. The molecule has 2 heteroatoms. The van der Waals surface area contributed by atoms with E-state index in [4.69, 9.17) is 0 Å². The lowest BCUT2D eigenvalue weighted by Crippen LogP contribution is -2.26. The SMILES string of the molecule is C=CCN(CC=C)Cn1c2ccccc2c2ccccc21. The lowest BCUT2D eigenvalue weighted by molar-refractivity contribution is 0.276. The summed E-state index contributed by atoms with van der Waals surface area (Å²) in [5.41, 5.74) is 2.55. The quantitative estimate of drug-likeness (QED) is 0.605. The van der Waals surface area contributed by atoms with Gasteiger partial charge in [0.1, 0.15) is 0 Å². The zero-order valence-electron chi connectivity index (χ0n) is 12.2. The van der Waals surface area contributed by atoms with Crippen molar-refractivity contribution in [3.8, 4) is 0 Å². The third kappa shape index (κ3) is 2.50. The maximum Gasteiger partial charge on any atom is 0.0762 e. The Kier molecular flexibility index (Phi) is 3.89. The first-order chi connectivity index (χ1) is 10.3. The molecule has 0 amide bonds. The van der Waals surface area contributed by atoms with E-state index in [-0.39, 0.29) is 0 Å². The molecule has 0 fully saturated rings. The Morgan fingerprint density at radius 3 is 1.76 bits per heavy atom. The van der Waals surface area contributed by atoms with Crippen LogP contribution >= 0.6 is 0 Å². The van der Waals surface area contributed by atoms with Crippen LogP contribution < -0.4 is 0 Å². The molecule has 1 heterocycles. The number of aromatic nitrogens is 1. The number of hydrogen-bond donors (Lipinski definition) is 0. The molecule has 0 atom stereocenters. The first kappa shape index (κ1) is 13.7. The van der Waals surface area contributed by atoms with E-state index in [2.05, 4.69) is 71.2 Å². The molecule has 0 saturated heterocycles. The van der Waals surface area contributed by atoms with Crippen LogP contribution in [0.25, 0.3) is 21.8 Å². The Bertz CT molecular complexity index is 719. The molecule has 21 heavy (non-hydrogen) atoms. The van der Waals surface area contributed by atoms with Crippen LogP contribution in [0.1, 0.15) is 0 Å². The highest BCUT2D eigenvalue weighted by Gasteiger charge is 2.11. The average Bonchev–Trinajstić information content (AvgIpc) is 2.83. The van der Waals surface area contributed by atoms with Gasteiger partial charge >= 0.3 is 0 Å². The van der Waals surface area contributed by atoms with E-state index >= 15 is 0 Å². The van der Waals surface area contributed by atoms with Crippen LogP contribution in [0.2, 0.25) is 0 Å². The summed E-state index contributed by atoms with van der Waals surface area (Å²) >= 11 is 0. The van der Waals surface area contributed by atoms with Crippen LogP contribution in [0.4, 0.5) is 0 Å². The van der Waals surface area contributed by atoms with Gasteiger partial charge in [0.05, 0.1) is 17.7 Å². The summed E-state index contributed by atoms with van der Waals surface area (Å²) in [5, 5.41) is 2.62. The molecule has 0 aliphatic carbocycles. The standard InChI is InChI=1S/C19H20N2/c1-3-13-20(14-4-2)15-21-18-11-7-5-9-16(18)17-10-6-8-12-19(17)21/h3-12H,1-2,13-15H2. The summed E-state index contributed by atoms with van der Waals surface area (Å²) in [6.45, 7) is 10.3. The Morgan fingerprint density at radius 2 is 1.29 bits per heavy atom. The largest absolute Gasteiger partial charge is 0.327 e. The minimum Gasteiger partial charge on any atom is -0.327 e. The number of fused-ring (bicyclic) bond motifs is 3. The fraction of sp³-hybridized carbons (Fsp3) is 0.158. The van der Waals surface area contributed by atoms with Crippen molar-refractivity contribution in [2.24, 2.45) is 0 Å². The van der Waals surface area contributed by atoms with Crippen molar-refractivity contribution in [3.63, 3.8) is 0 Å². The Morgan fingerprint density at radius 1 is 0.810 bits per heavy atom. The Hall–Kier alpha value is -2.32. The normalized spacial score (nSPS) is 11.3. The predicted molar refractivity (Wildman–Crippen MR) is 91.4 cm³/mol. The molecule has 0 spiro atoms. The number of rotatable bonds is 6. The van der Waals surface area contributed by atoms with Gasteiger partial charge in [-0.25, -0.2) is 0 Å². The molecule has 0 bridgehead atoms. The molecule has 0 saturated carbocycles.